The van der Waals surface area contributed by atoms with E-state index in [1.165, 1.54) is 31.2 Å². The van der Waals surface area contributed by atoms with Gasteiger partial charge in [0, 0.05) is 19.0 Å². The van der Waals surface area contributed by atoms with E-state index in [-0.39, 0.29) is 17.9 Å². The van der Waals surface area contributed by atoms with Crippen LogP contribution >= 0.6 is 0 Å². The highest BCUT2D eigenvalue weighted by molar-refractivity contribution is 5.44. The molecule has 2 fully saturated rings. The molecule has 0 amide bonds. The number of β-amino-alcohol motifs (C(OH)–C–C–N with tert-alkyl or cyclic N) is 1. The lowest BCUT2D eigenvalue weighted by Gasteiger charge is -2.43. The minimum absolute atomic E-state index is 0.0880. The van der Waals surface area contributed by atoms with Gasteiger partial charge in [0.1, 0.15) is 0 Å². The van der Waals surface area contributed by atoms with Crippen LogP contribution in [0.4, 0.5) is 0 Å². The number of rotatable bonds is 6. The van der Waals surface area contributed by atoms with Crippen LogP contribution < -0.4 is 9.47 Å². The van der Waals surface area contributed by atoms with Gasteiger partial charge in [-0.2, -0.15) is 0 Å². The van der Waals surface area contributed by atoms with Gasteiger partial charge < -0.3 is 29.5 Å². The highest BCUT2D eigenvalue weighted by atomic mass is 16.7. The Morgan fingerprint density at radius 1 is 0.971 bits per heavy atom. The Bertz CT molecular complexity index is 786. The second-order valence-corrected chi connectivity index (χ2v) is 11.6. The summed E-state index contributed by atoms with van der Waals surface area (Å²) in [5.41, 5.74) is 0.499. The number of hydrogen-bond acceptors (Lipinski definition) is 6. The average molecular weight is 489 g/mol. The third kappa shape index (κ3) is 7.58. The minimum Gasteiger partial charge on any atom is -0.454 e. The van der Waals surface area contributed by atoms with Crippen LogP contribution in [0.5, 0.6) is 11.5 Å². The van der Waals surface area contributed by atoms with Crippen LogP contribution in [0.1, 0.15) is 76.7 Å². The molecule has 0 spiro atoms. The number of hydrogen-bond donors (Lipinski definition) is 2. The number of aryl methyl sites for hydroxylation is 1. The number of benzene rings is 1. The van der Waals surface area contributed by atoms with Crippen molar-refractivity contribution in [2.45, 2.75) is 89.3 Å². The molecule has 4 rings (SSSR count). The van der Waals surface area contributed by atoms with Crippen molar-refractivity contribution in [3.63, 3.8) is 0 Å². The van der Waals surface area contributed by atoms with Crippen LogP contribution in [-0.4, -0.2) is 78.3 Å². The molecule has 1 aromatic carbocycles. The number of nitrogens with zero attached hydrogens (tertiary/aromatic N) is 2. The Morgan fingerprint density at radius 2 is 1.74 bits per heavy atom. The summed E-state index contributed by atoms with van der Waals surface area (Å²) >= 11 is 0. The van der Waals surface area contributed by atoms with Gasteiger partial charge in [-0.05, 0) is 95.7 Å². The Labute approximate surface area is 212 Å². The van der Waals surface area contributed by atoms with Crippen molar-refractivity contribution in [2.75, 3.05) is 46.6 Å². The van der Waals surface area contributed by atoms with Crippen molar-refractivity contribution in [1.82, 2.24) is 9.80 Å². The first-order chi connectivity index (χ1) is 16.9. The van der Waals surface area contributed by atoms with Crippen LogP contribution in [0, 0.1) is 11.8 Å². The van der Waals surface area contributed by atoms with E-state index in [1.54, 1.807) is 0 Å². The normalized spacial score (nSPS) is 31.6. The fourth-order valence-corrected chi connectivity index (χ4v) is 6.57. The Balaban J connectivity index is 1.39. The zero-order chi connectivity index (χ0) is 24.7. The summed E-state index contributed by atoms with van der Waals surface area (Å²) in [5, 5.41) is 23.0. The van der Waals surface area contributed by atoms with Gasteiger partial charge in [0.25, 0.3) is 0 Å². The third-order valence-corrected chi connectivity index (χ3v) is 8.53. The molecule has 6 heteroatoms. The van der Waals surface area contributed by atoms with Crippen molar-refractivity contribution in [3.8, 4) is 11.5 Å². The van der Waals surface area contributed by atoms with Gasteiger partial charge in [-0.1, -0.05) is 38.2 Å². The molecule has 0 aromatic heterocycles. The average Bonchev–Trinajstić information content (AvgIpc) is 3.32. The molecule has 6 nitrogen and oxygen atoms in total. The molecule has 4 unspecified atom stereocenters. The molecule has 2 aliphatic heterocycles. The van der Waals surface area contributed by atoms with E-state index < -0.39 is 5.60 Å². The topological polar surface area (TPSA) is 65.4 Å². The van der Waals surface area contributed by atoms with Crippen LogP contribution in [0.3, 0.4) is 0 Å². The predicted molar refractivity (Wildman–Crippen MR) is 140 cm³/mol. The molecule has 1 saturated carbocycles. The van der Waals surface area contributed by atoms with Crippen LogP contribution in [0.2, 0.25) is 0 Å². The SMILES string of the molecule is CN1CCCN(CCCCc2ccc3c(c2)OCO3)CC(C2CCCCCCCC2O)C(C)(O)C1. The maximum absolute atomic E-state index is 11.8. The monoisotopic (exact) mass is 488 g/mol. The number of ether oxygens (including phenoxy) is 2. The Kier molecular flexibility index (Phi) is 9.74. The first kappa shape index (κ1) is 26.7. The van der Waals surface area contributed by atoms with Gasteiger partial charge in [-0.15, -0.1) is 0 Å². The number of aliphatic hydroxyl groups is 2. The highest BCUT2D eigenvalue weighted by Crippen LogP contribution is 2.36. The number of likely N-dealkylation sites (N-methyl/N-ethyl adjacent to an activating group) is 1. The lowest BCUT2D eigenvalue weighted by atomic mass is 9.73. The fourth-order valence-electron chi connectivity index (χ4n) is 6.57. The minimum atomic E-state index is -0.802. The summed E-state index contributed by atoms with van der Waals surface area (Å²) in [5.74, 6) is 1.97. The van der Waals surface area contributed by atoms with Gasteiger partial charge in [0.15, 0.2) is 11.5 Å². The molecule has 0 bridgehead atoms. The standard InChI is InChI=1S/C29H48N2O4/c1-29(33)21-30(2)16-10-18-31(20-25(29)24-12-6-4-3-5-7-13-26(24)32)17-9-8-11-23-14-15-27-28(19-23)35-22-34-27/h14-15,19,24-26,32-33H,3-13,16-18,20-22H2,1-2H3. The highest BCUT2D eigenvalue weighted by Gasteiger charge is 2.42. The summed E-state index contributed by atoms with van der Waals surface area (Å²) in [6.45, 7) is 7.02. The number of aliphatic hydroxyl groups excluding tert-OH is 1. The lowest BCUT2D eigenvalue weighted by Crippen LogP contribution is -2.53. The van der Waals surface area contributed by atoms with E-state index in [2.05, 4.69) is 29.0 Å². The molecular formula is C29H48N2O4. The second-order valence-electron chi connectivity index (χ2n) is 11.6. The van der Waals surface area contributed by atoms with Gasteiger partial charge >= 0.3 is 0 Å². The van der Waals surface area contributed by atoms with Crippen molar-refractivity contribution in [3.05, 3.63) is 23.8 Å². The molecule has 0 radical (unpaired) electrons. The number of fused-ring (bicyclic) bond motifs is 1. The van der Waals surface area contributed by atoms with Gasteiger partial charge in [-0.25, -0.2) is 0 Å². The molecule has 2 heterocycles. The maximum Gasteiger partial charge on any atom is 0.231 e. The van der Waals surface area contributed by atoms with Gasteiger partial charge in [0.05, 0.1) is 11.7 Å². The van der Waals surface area contributed by atoms with Crippen molar-refractivity contribution < 1.29 is 19.7 Å². The van der Waals surface area contributed by atoms with E-state index in [4.69, 9.17) is 9.47 Å². The number of unbranched alkanes of at least 4 members (excludes halogenated alkanes) is 1. The first-order valence-corrected chi connectivity index (χ1v) is 14.1. The smallest absolute Gasteiger partial charge is 0.231 e. The van der Waals surface area contributed by atoms with Crippen molar-refractivity contribution in [1.29, 1.82) is 0 Å². The second kappa shape index (κ2) is 12.8. The summed E-state index contributed by atoms with van der Waals surface area (Å²) in [4.78, 5) is 4.87. The van der Waals surface area contributed by atoms with Gasteiger partial charge in [0.2, 0.25) is 6.79 Å². The zero-order valence-corrected chi connectivity index (χ0v) is 22.1. The zero-order valence-electron chi connectivity index (χ0n) is 22.1. The molecule has 1 aromatic rings. The molecule has 4 atom stereocenters. The van der Waals surface area contributed by atoms with E-state index in [1.807, 2.05) is 13.0 Å². The molecule has 198 valence electrons. The quantitative estimate of drug-likeness (QED) is 0.576. The molecular weight excluding hydrogens is 440 g/mol. The molecule has 1 aliphatic carbocycles. The van der Waals surface area contributed by atoms with E-state index >= 15 is 0 Å². The summed E-state index contributed by atoms with van der Waals surface area (Å²) in [6, 6.07) is 6.28. The molecule has 3 aliphatic rings. The molecule has 2 N–H and O–H groups in total. The first-order valence-electron chi connectivity index (χ1n) is 14.1. The maximum atomic E-state index is 11.8. The lowest BCUT2D eigenvalue weighted by molar-refractivity contribution is -0.0827. The van der Waals surface area contributed by atoms with E-state index in [0.717, 1.165) is 82.6 Å². The summed E-state index contributed by atoms with van der Waals surface area (Å²) in [7, 11) is 2.13. The third-order valence-electron chi connectivity index (χ3n) is 8.53. The largest absolute Gasteiger partial charge is 0.454 e. The van der Waals surface area contributed by atoms with Crippen LogP contribution in [-0.2, 0) is 6.42 Å². The van der Waals surface area contributed by atoms with E-state index in [9.17, 15) is 10.2 Å². The Hall–Kier alpha value is -1.34. The van der Waals surface area contributed by atoms with Crippen LogP contribution in [0.15, 0.2) is 18.2 Å². The summed E-state index contributed by atoms with van der Waals surface area (Å²) in [6.07, 6.45) is 12.1. The van der Waals surface area contributed by atoms with Gasteiger partial charge in [-0.3, -0.25) is 0 Å². The molecule has 35 heavy (non-hydrogen) atoms. The predicted octanol–water partition coefficient (Wildman–Crippen LogP) is 4.46. The summed E-state index contributed by atoms with van der Waals surface area (Å²) < 4.78 is 11.0. The van der Waals surface area contributed by atoms with Crippen molar-refractivity contribution >= 4 is 0 Å². The van der Waals surface area contributed by atoms with E-state index in [0.29, 0.717) is 13.3 Å². The van der Waals surface area contributed by atoms with Crippen molar-refractivity contribution in [2.24, 2.45) is 11.8 Å². The fraction of sp³-hybridized carbons (Fsp3) is 0.793. The van der Waals surface area contributed by atoms with Crippen LogP contribution in [0.25, 0.3) is 0 Å². The molecule has 1 saturated heterocycles. The Morgan fingerprint density at radius 3 is 2.60 bits per heavy atom.